The molecule has 0 bridgehead atoms. The smallest absolute Gasteiger partial charge is 0.345 e. The molecule has 7 heteroatoms. The zero-order valence-electron chi connectivity index (χ0n) is 14.4. The molecule has 0 aliphatic carbocycles. The molecule has 0 spiro atoms. The van der Waals surface area contributed by atoms with Gasteiger partial charge in [-0.25, -0.2) is 4.79 Å². The number of nitrogens with zero attached hydrogens (tertiary/aromatic N) is 1. The number of nitrogens with one attached hydrogen (secondary N) is 1. The summed E-state index contributed by atoms with van der Waals surface area (Å²) in [5.41, 5.74) is 0.428. The fourth-order valence-electron chi connectivity index (χ4n) is 2.55. The minimum Gasteiger partial charge on any atom is -0.452 e. The molecule has 0 fully saturated rings. The van der Waals surface area contributed by atoms with Gasteiger partial charge in [0.2, 0.25) is 0 Å². The summed E-state index contributed by atoms with van der Waals surface area (Å²) in [6, 6.07) is 14.8. The van der Waals surface area contributed by atoms with Crippen LogP contribution in [-0.2, 0) is 9.53 Å². The third-order valence-corrected chi connectivity index (χ3v) is 3.77. The number of esters is 1. The predicted octanol–water partition coefficient (Wildman–Crippen LogP) is 3.41. The molecule has 0 saturated heterocycles. The average molecular weight is 356 g/mol. The number of nitro benzene ring substituents is 1. The van der Waals surface area contributed by atoms with Crippen LogP contribution in [0, 0.1) is 10.1 Å². The first-order valence-corrected chi connectivity index (χ1v) is 8.27. The van der Waals surface area contributed by atoms with E-state index in [1.165, 1.54) is 24.3 Å². The maximum atomic E-state index is 12.1. The largest absolute Gasteiger partial charge is 0.452 e. The Balaban J connectivity index is 1.97. The lowest BCUT2D eigenvalue weighted by Crippen LogP contribution is -2.32. The van der Waals surface area contributed by atoms with Crippen LogP contribution in [0.5, 0.6) is 0 Å². The molecule has 0 aromatic heterocycles. The first-order chi connectivity index (χ1) is 12.5. The van der Waals surface area contributed by atoms with E-state index in [0.717, 1.165) is 18.4 Å². The lowest BCUT2D eigenvalue weighted by Gasteiger charge is -2.18. The molecular weight excluding hydrogens is 336 g/mol. The zero-order valence-corrected chi connectivity index (χ0v) is 14.4. The summed E-state index contributed by atoms with van der Waals surface area (Å²) in [5, 5.41) is 13.8. The fourth-order valence-corrected chi connectivity index (χ4v) is 2.55. The Morgan fingerprint density at radius 3 is 2.42 bits per heavy atom. The van der Waals surface area contributed by atoms with Gasteiger partial charge >= 0.3 is 5.97 Å². The van der Waals surface area contributed by atoms with E-state index in [1.54, 1.807) is 0 Å². The van der Waals surface area contributed by atoms with Gasteiger partial charge in [-0.15, -0.1) is 0 Å². The molecule has 2 rings (SSSR count). The number of carbonyl (C=O) groups is 2. The molecule has 1 atom stereocenters. The second-order valence-corrected chi connectivity index (χ2v) is 5.67. The van der Waals surface area contributed by atoms with Crippen molar-refractivity contribution in [3.8, 4) is 0 Å². The van der Waals surface area contributed by atoms with Crippen LogP contribution in [0.15, 0.2) is 54.6 Å². The van der Waals surface area contributed by atoms with Crippen LogP contribution in [0.3, 0.4) is 0 Å². The SMILES string of the molecule is CCCC(NC(=O)COC(=O)c1ccccc1[N+](=O)[O-])c1ccccc1. The molecule has 0 radical (unpaired) electrons. The van der Waals surface area contributed by atoms with E-state index in [2.05, 4.69) is 5.32 Å². The summed E-state index contributed by atoms with van der Waals surface area (Å²) in [4.78, 5) is 34.5. The number of rotatable bonds is 8. The van der Waals surface area contributed by atoms with Crippen LogP contribution in [0.4, 0.5) is 5.69 Å². The van der Waals surface area contributed by atoms with E-state index in [1.807, 2.05) is 37.3 Å². The van der Waals surface area contributed by atoms with Gasteiger partial charge in [0.1, 0.15) is 5.56 Å². The van der Waals surface area contributed by atoms with Crippen LogP contribution >= 0.6 is 0 Å². The van der Waals surface area contributed by atoms with E-state index in [4.69, 9.17) is 4.74 Å². The van der Waals surface area contributed by atoms with E-state index < -0.39 is 23.4 Å². The average Bonchev–Trinajstić information content (AvgIpc) is 2.66. The monoisotopic (exact) mass is 356 g/mol. The molecule has 26 heavy (non-hydrogen) atoms. The molecule has 136 valence electrons. The van der Waals surface area contributed by atoms with Gasteiger partial charge in [0.15, 0.2) is 6.61 Å². The predicted molar refractivity (Wildman–Crippen MR) is 95.6 cm³/mol. The van der Waals surface area contributed by atoms with Gasteiger partial charge in [-0.1, -0.05) is 55.8 Å². The maximum absolute atomic E-state index is 12.1. The van der Waals surface area contributed by atoms with E-state index >= 15 is 0 Å². The van der Waals surface area contributed by atoms with Crippen LogP contribution < -0.4 is 5.32 Å². The minimum absolute atomic E-state index is 0.182. The number of ether oxygens (including phenoxy) is 1. The first-order valence-electron chi connectivity index (χ1n) is 8.27. The molecule has 1 amide bonds. The number of benzene rings is 2. The standard InChI is InChI=1S/C19H20N2O5/c1-2-8-16(14-9-4-3-5-10-14)20-18(22)13-26-19(23)15-11-6-7-12-17(15)21(24)25/h3-7,9-12,16H,2,8,13H2,1H3,(H,20,22). The lowest BCUT2D eigenvalue weighted by molar-refractivity contribution is -0.385. The Bertz CT molecular complexity index is 777. The molecule has 1 N–H and O–H groups in total. The maximum Gasteiger partial charge on any atom is 0.345 e. The number of amides is 1. The lowest BCUT2D eigenvalue weighted by atomic mass is 10.0. The third kappa shape index (κ3) is 5.14. The second-order valence-electron chi connectivity index (χ2n) is 5.67. The highest BCUT2D eigenvalue weighted by molar-refractivity contribution is 5.95. The summed E-state index contributed by atoms with van der Waals surface area (Å²) >= 11 is 0. The topological polar surface area (TPSA) is 98.5 Å². The van der Waals surface area contributed by atoms with Gasteiger partial charge in [-0.3, -0.25) is 14.9 Å². The molecular formula is C19H20N2O5. The van der Waals surface area contributed by atoms with Gasteiger partial charge in [-0.05, 0) is 18.1 Å². The number of hydrogen-bond acceptors (Lipinski definition) is 5. The second kappa shape index (κ2) is 9.31. The minimum atomic E-state index is -0.904. The Kier molecular flexibility index (Phi) is 6.84. The molecule has 0 saturated carbocycles. The Morgan fingerprint density at radius 1 is 1.12 bits per heavy atom. The third-order valence-electron chi connectivity index (χ3n) is 3.77. The Morgan fingerprint density at radius 2 is 1.77 bits per heavy atom. The van der Waals surface area contributed by atoms with Crippen molar-refractivity contribution >= 4 is 17.6 Å². The number of carbonyl (C=O) groups excluding carboxylic acids is 2. The van der Waals surface area contributed by atoms with Gasteiger partial charge in [0.25, 0.3) is 11.6 Å². The van der Waals surface area contributed by atoms with Crippen LogP contribution in [0.1, 0.15) is 41.7 Å². The fraction of sp³-hybridized carbons (Fsp3) is 0.263. The molecule has 2 aromatic rings. The van der Waals surface area contributed by atoms with Gasteiger partial charge in [-0.2, -0.15) is 0 Å². The van der Waals surface area contributed by atoms with Crippen LogP contribution in [0.2, 0.25) is 0 Å². The van der Waals surface area contributed by atoms with E-state index in [0.29, 0.717) is 0 Å². The highest BCUT2D eigenvalue weighted by Gasteiger charge is 2.22. The normalized spacial score (nSPS) is 11.4. The summed E-state index contributed by atoms with van der Waals surface area (Å²) in [7, 11) is 0. The highest BCUT2D eigenvalue weighted by Crippen LogP contribution is 2.19. The van der Waals surface area contributed by atoms with Gasteiger partial charge < -0.3 is 10.1 Å². The van der Waals surface area contributed by atoms with Gasteiger partial charge in [0, 0.05) is 6.07 Å². The van der Waals surface area contributed by atoms with Crippen molar-refractivity contribution in [2.24, 2.45) is 0 Å². The molecule has 7 nitrogen and oxygen atoms in total. The highest BCUT2D eigenvalue weighted by atomic mass is 16.6. The van der Waals surface area contributed by atoms with Crippen molar-refractivity contribution in [3.63, 3.8) is 0 Å². The van der Waals surface area contributed by atoms with Crippen LogP contribution in [-0.4, -0.2) is 23.4 Å². The van der Waals surface area contributed by atoms with Crippen molar-refractivity contribution in [1.29, 1.82) is 0 Å². The molecule has 2 aromatic carbocycles. The number of hydrogen-bond donors (Lipinski definition) is 1. The molecule has 0 aliphatic rings. The van der Waals surface area contributed by atoms with Crippen molar-refractivity contribution in [2.75, 3.05) is 6.61 Å². The summed E-state index contributed by atoms with van der Waals surface area (Å²) in [5.74, 6) is -1.36. The van der Waals surface area contributed by atoms with Gasteiger partial charge in [0.05, 0.1) is 11.0 Å². The number of para-hydroxylation sites is 1. The van der Waals surface area contributed by atoms with Crippen molar-refractivity contribution in [2.45, 2.75) is 25.8 Å². The van der Waals surface area contributed by atoms with E-state index in [9.17, 15) is 19.7 Å². The first kappa shape index (κ1) is 19.1. The number of nitro groups is 1. The van der Waals surface area contributed by atoms with Crippen molar-refractivity contribution in [3.05, 3.63) is 75.8 Å². The quantitative estimate of drug-likeness (QED) is 0.444. The summed E-state index contributed by atoms with van der Waals surface area (Å²) in [6.07, 6.45) is 1.61. The molecule has 1 unspecified atom stereocenters. The zero-order chi connectivity index (χ0) is 18.9. The van der Waals surface area contributed by atoms with Crippen molar-refractivity contribution < 1.29 is 19.2 Å². The van der Waals surface area contributed by atoms with E-state index in [-0.39, 0.29) is 17.3 Å². The molecule has 0 aliphatic heterocycles. The summed E-state index contributed by atoms with van der Waals surface area (Å²) < 4.78 is 4.94. The Hall–Kier alpha value is -3.22. The summed E-state index contributed by atoms with van der Waals surface area (Å²) in [6.45, 7) is 1.51. The van der Waals surface area contributed by atoms with Crippen LogP contribution in [0.25, 0.3) is 0 Å². The Labute approximate surface area is 151 Å². The molecule has 0 heterocycles. The van der Waals surface area contributed by atoms with Crippen molar-refractivity contribution in [1.82, 2.24) is 5.32 Å².